The van der Waals surface area contributed by atoms with Crippen LogP contribution in [0.1, 0.15) is 20.8 Å². The van der Waals surface area contributed by atoms with Crippen LogP contribution in [0.25, 0.3) is 0 Å². The van der Waals surface area contributed by atoms with E-state index < -0.39 is 16.0 Å². The third-order valence-electron chi connectivity index (χ3n) is 2.86. The first-order valence-corrected chi connectivity index (χ1v) is 9.02. The molecule has 0 aliphatic heterocycles. The summed E-state index contributed by atoms with van der Waals surface area (Å²) in [5.74, 6) is -1.15. The SMILES string of the molecule is Cc1c(C(=O)O)cccc1S(=O)(=O)NCc1cc(Br)cs1. The van der Waals surface area contributed by atoms with Gasteiger partial charge in [0.1, 0.15) is 0 Å². The van der Waals surface area contributed by atoms with Gasteiger partial charge >= 0.3 is 5.97 Å². The van der Waals surface area contributed by atoms with E-state index in [1.165, 1.54) is 36.5 Å². The van der Waals surface area contributed by atoms with Crippen LogP contribution < -0.4 is 4.72 Å². The van der Waals surface area contributed by atoms with Gasteiger partial charge in [0.15, 0.2) is 0 Å². The summed E-state index contributed by atoms with van der Waals surface area (Å²) < 4.78 is 28.0. The molecule has 0 fully saturated rings. The highest BCUT2D eigenvalue weighted by Crippen LogP contribution is 2.22. The van der Waals surface area contributed by atoms with E-state index in [2.05, 4.69) is 20.7 Å². The van der Waals surface area contributed by atoms with Crippen molar-refractivity contribution in [3.8, 4) is 0 Å². The molecule has 0 bridgehead atoms. The van der Waals surface area contributed by atoms with Crippen LogP contribution in [0.4, 0.5) is 0 Å². The normalized spacial score (nSPS) is 11.5. The molecule has 21 heavy (non-hydrogen) atoms. The van der Waals surface area contributed by atoms with Crippen LogP contribution in [-0.2, 0) is 16.6 Å². The minimum atomic E-state index is -3.76. The Balaban J connectivity index is 2.27. The minimum absolute atomic E-state index is 0.0157. The number of sulfonamides is 1. The Kier molecular flexibility index (Phi) is 4.82. The lowest BCUT2D eigenvalue weighted by Crippen LogP contribution is -2.24. The van der Waals surface area contributed by atoms with Gasteiger partial charge in [-0.3, -0.25) is 0 Å². The molecule has 1 heterocycles. The van der Waals surface area contributed by atoms with Crippen molar-refractivity contribution in [1.29, 1.82) is 0 Å². The number of thiophene rings is 1. The monoisotopic (exact) mass is 389 g/mol. The van der Waals surface area contributed by atoms with Crippen LogP contribution >= 0.6 is 27.3 Å². The molecule has 0 radical (unpaired) electrons. The van der Waals surface area contributed by atoms with E-state index in [4.69, 9.17) is 5.11 Å². The third-order valence-corrected chi connectivity index (χ3v) is 6.11. The molecule has 5 nitrogen and oxygen atoms in total. The lowest BCUT2D eigenvalue weighted by molar-refractivity contribution is 0.0696. The molecule has 0 saturated carbocycles. The molecule has 0 amide bonds. The Bertz CT molecular complexity index is 783. The van der Waals surface area contributed by atoms with Crippen LogP contribution in [0.2, 0.25) is 0 Å². The topological polar surface area (TPSA) is 83.5 Å². The zero-order valence-corrected chi connectivity index (χ0v) is 14.2. The van der Waals surface area contributed by atoms with Gasteiger partial charge in [-0.25, -0.2) is 17.9 Å². The number of hydrogen-bond donors (Lipinski definition) is 2. The molecule has 0 spiro atoms. The predicted octanol–water partition coefficient (Wildman–Crippen LogP) is 3.00. The quantitative estimate of drug-likeness (QED) is 0.822. The second-order valence-electron chi connectivity index (χ2n) is 4.29. The molecule has 0 unspecified atom stereocenters. The Labute approximate surface area is 134 Å². The van der Waals surface area contributed by atoms with E-state index in [-0.39, 0.29) is 22.6 Å². The molecule has 2 N–H and O–H groups in total. The Morgan fingerprint density at radius 1 is 1.43 bits per heavy atom. The van der Waals surface area contributed by atoms with Crippen LogP contribution in [0.15, 0.2) is 39.0 Å². The number of carboxylic acid groups (broad SMARTS) is 1. The third kappa shape index (κ3) is 3.70. The number of carboxylic acids is 1. The van der Waals surface area contributed by atoms with Gasteiger partial charge in [-0.05, 0) is 46.6 Å². The molecule has 0 aliphatic rings. The summed E-state index contributed by atoms with van der Waals surface area (Å²) in [6, 6.07) is 6.03. The Hall–Kier alpha value is -1.22. The average molecular weight is 390 g/mol. The summed E-state index contributed by atoms with van der Waals surface area (Å²) in [6.45, 7) is 1.65. The molecular weight excluding hydrogens is 378 g/mol. The molecule has 1 aromatic heterocycles. The summed E-state index contributed by atoms with van der Waals surface area (Å²) in [7, 11) is -3.76. The van der Waals surface area contributed by atoms with E-state index in [1.54, 1.807) is 0 Å². The number of rotatable bonds is 5. The van der Waals surface area contributed by atoms with Gasteiger partial charge in [0.2, 0.25) is 10.0 Å². The van der Waals surface area contributed by atoms with Gasteiger partial charge in [0, 0.05) is 21.3 Å². The number of carbonyl (C=O) groups is 1. The largest absolute Gasteiger partial charge is 0.478 e. The van der Waals surface area contributed by atoms with E-state index in [0.29, 0.717) is 0 Å². The lowest BCUT2D eigenvalue weighted by Gasteiger charge is -2.10. The highest BCUT2D eigenvalue weighted by atomic mass is 79.9. The molecule has 0 saturated heterocycles. The van der Waals surface area contributed by atoms with Crippen molar-refractivity contribution in [2.24, 2.45) is 0 Å². The first-order valence-electron chi connectivity index (χ1n) is 5.87. The number of hydrogen-bond acceptors (Lipinski definition) is 4. The summed E-state index contributed by atoms with van der Waals surface area (Å²) in [6.07, 6.45) is 0. The molecule has 0 atom stereocenters. The predicted molar refractivity (Wildman–Crippen MR) is 84.2 cm³/mol. The maximum atomic E-state index is 12.3. The highest BCUT2D eigenvalue weighted by molar-refractivity contribution is 9.10. The highest BCUT2D eigenvalue weighted by Gasteiger charge is 2.20. The average Bonchev–Trinajstić information content (AvgIpc) is 2.82. The Morgan fingerprint density at radius 3 is 2.71 bits per heavy atom. The second kappa shape index (κ2) is 6.27. The summed E-state index contributed by atoms with van der Waals surface area (Å²) in [4.78, 5) is 11.9. The fourth-order valence-corrected chi connectivity index (χ4v) is 4.58. The second-order valence-corrected chi connectivity index (χ2v) is 7.94. The van der Waals surface area contributed by atoms with Crippen LogP contribution in [0.5, 0.6) is 0 Å². The smallest absolute Gasteiger partial charge is 0.335 e. The molecular formula is C13H12BrNO4S2. The van der Waals surface area contributed by atoms with E-state index >= 15 is 0 Å². The number of aromatic carboxylic acids is 1. The fourth-order valence-electron chi connectivity index (χ4n) is 1.83. The molecule has 2 aromatic rings. The van der Waals surface area contributed by atoms with Crippen molar-refractivity contribution < 1.29 is 18.3 Å². The van der Waals surface area contributed by atoms with Gasteiger partial charge in [0.05, 0.1) is 10.5 Å². The first-order chi connectivity index (χ1) is 9.81. The van der Waals surface area contributed by atoms with Crippen molar-refractivity contribution in [1.82, 2.24) is 4.72 Å². The van der Waals surface area contributed by atoms with E-state index in [1.807, 2.05) is 11.4 Å². The zero-order chi connectivity index (χ0) is 15.6. The fraction of sp³-hybridized carbons (Fsp3) is 0.154. The van der Waals surface area contributed by atoms with Crippen LogP contribution in [-0.4, -0.2) is 19.5 Å². The molecule has 8 heteroatoms. The summed E-state index contributed by atoms with van der Waals surface area (Å²) in [5.41, 5.74) is 0.210. The number of halogens is 1. The lowest BCUT2D eigenvalue weighted by atomic mass is 10.1. The standard InChI is InChI=1S/C13H12BrNO4S2/c1-8-11(13(16)17)3-2-4-12(8)21(18,19)15-6-10-5-9(14)7-20-10/h2-5,7,15H,6H2,1H3,(H,16,17). The zero-order valence-electron chi connectivity index (χ0n) is 11.0. The van der Waals surface area contributed by atoms with Gasteiger partial charge in [-0.1, -0.05) is 6.07 Å². The Morgan fingerprint density at radius 2 is 2.14 bits per heavy atom. The molecule has 1 aromatic carbocycles. The molecule has 2 rings (SSSR count). The van der Waals surface area contributed by atoms with Crippen LogP contribution in [0, 0.1) is 6.92 Å². The van der Waals surface area contributed by atoms with Gasteiger partial charge < -0.3 is 5.11 Å². The number of benzene rings is 1. The summed E-state index contributed by atoms with van der Waals surface area (Å²) >= 11 is 4.73. The van der Waals surface area contributed by atoms with Crippen molar-refractivity contribution in [3.05, 3.63) is 50.1 Å². The van der Waals surface area contributed by atoms with Gasteiger partial charge in [-0.2, -0.15) is 0 Å². The molecule has 112 valence electrons. The minimum Gasteiger partial charge on any atom is -0.478 e. The van der Waals surface area contributed by atoms with Crippen LogP contribution in [0.3, 0.4) is 0 Å². The first kappa shape index (κ1) is 16.2. The van der Waals surface area contributed by atoms with E-state index in [0.717, 1.165) is 9.35 Å². The number of nitrogens with one attached hydrogen (secondary N) is 1. The van der Waals surface area contributed by atoms with Crippen molar-refractivity contribution in [2.45, 2.75) is 18.4 Å². The summed E-state index contributed by atoms with van der Waals surface area (Å²) in [5, 5.41) is 10.9. The van der Waals surface area contributed by atoms with Crippen molar-refractivity contribution >= 4 is 43.3 Å². The maximum Gasteiger partial charge on any atom is 0.335 e. The van der Waals surface area contributed by atoms with Gasteiger partial charge in [0.25, 0.3) is 0 Å². The van der Waals surface area contributed by atoms with E-state index in [9.17, 15) is 13.2 Å². The van der Waals surface area contributed by atoms with Crippen molar-refractivity contribution in [2.75, 3.05) is 0 Å². The maximum absolute atomic E-state index is 12.3. The van der Waals surface area contributed by atoms with Gasteiger partial charge in [-0.15, -0.1) is 11.3 Å². The molecule has 0 aliphatic carbocycles. The van der Waals surface area contributed by atoms with Crippen molar-refractivity contribution in [3.63, 3.8) is 0 Å².